The fraction of sp³-hybridized carbons (Fsp3) is 0.615. The molecule has 0 spiro atoms. The fourth-order valence-electron chi connectivity index (χ4n) is 2.09. The molecule has 1 aromatic heterocycles. The average molecular weight is 335 g/mol. The first-order chi connectivity index (χ1) is 10.3. The molecular weight excluding hydrogens is 319 g/mol. The first kappa shape index (κ1) is 16.7. The second-order valence-electron chi connectivity index (χ2n) is 5.18. The number of hydrogen-bond acceptors (Lipinski definition) is 4. The minimum Gasteiger partial charge on any atom is -0.331 e. The lowest BCUT2D eigenvalue weighted by atomic mass is 9.91. The van der Waals surface area contributed by atoms with Crippen molar-refractivity contribution in [3.05, 3.63) is 11.1 Å². The van der Waals surface area contributed by atoms with Crippen LogP contribution in [-0.4, -0.2) is 40.5 Å². The molecule has 1 aromatic rings. The van der Waals surface area contributed by atoms with Crippen molar-refractivity contribution in [1.82, 2.24) is 9.88 Å². The molecule has 122 valence electrons. The molecule has 1 heterocycles. The topological polar surface area (TPSA) is 62.3 Å². The molecule has 0 saturated heterocycles. The van der Waals surface area contributed by atoms with Crippen LogP contribution in [-0.2, 0) is 9.59 Å². The van der Waals surface area contributed by atoms with Crippen LogP contribution in [0.25, 0.3) is 0 Å². The Bertz CT molecular complexity index is 555. The lowest BCUT2D eigenvalue weighted by Gasteiger charge is -2.37. The SMILES string of the molecule is Cc1cnc(NC(=O)C(=O)N(CCC(F)(F)F)C2CCC2)s1. The Morgan fingerprint density at radius 3 is 2.59 bits per heavy atom. The maximum absolute atomic E-state index is 12.4. The number of carbonyl (C=O) groups excluding carboxylic acids is 2. The summed E-state index contributed by atoms with van der Waals surface area (Å²) in [6, 6.07) is -0.279. The maximum Gasteiger partial charge on any atom is 0.390 e. The van der Waals surface area contributed by atoms with Crippen LogP contribution in [0, 0.1) is 6.92 Å². The zero-order chi connectivity index (χ0) is 16.3. The Kier molecular flexibility index (Phi) is 5.05. The van der Waals surface area contributed by atoms with Gasteiger partial charge in [0.1, 0.15) is 0 Å². The third kappa shape index (κ3) is 4.43. The van der Waals surface area contributed by atoms with Gasteiger partial charge < -0.3 is 4.90 Å². The van der Waals surface area contributed by atoms with Gasteiger partial charge in [-0.2, -0.15) is 13.2 Å². The Morgan fingerprint density at radius 2 is 2.14 bits per heavy atom. The van der Waals surface area contributed by atoms with E-state index in [1.54, 1.807) is 6.92 Å². The normalized spacial score (nSPS) is 15.3. The molecule has 5 nitrogen and oxygen atoms in total. The van der Waals surface area contributed by atoms with Crippen molar-refractivity contribution >= 4 is 28.3 Å². The lowest BCUT2D eigenvalue weighted by Crippen LogP contribution is -2.49. The summed E-state index contributed by atoms with van der Waals surface area (Å²) in [5, 5.41) is 2.60. The van der Waals surface area contributed by atoms with E-state index in [9.17, 15) is 22.8 Å². The maximum atomic E-state index is 12.4. The first-order valence-electron chi connectivity index (χ1n) is 6.87. The fourth-order valence-corrected chi connectivity index (χ4v) is 2.75. The third-order valence-electron chi connectivity index (χ3n) is 3.45. The minimum absolute atomic E-state index is 0.264. The highest BCUT2D eigenvalue weighted by Gasteiger charge is 2.36. The van der Waals surface area contributed by atoms with E-state index in [1.165, 1.54) is 17.5 Å². The number of halogens is 3. The summed E-state index contributed by atoms with van der Waals surface area (Å²) in [5.74, 6) is -1.87. The molecule has 1 N–H and O–H groups in total. The average Bonchev–Trinajstić information content (AvgIpc) is 2.75. The van der Waals surface area contributed by atoms with E-state index in [-0.39, 0.29) is 11.2 Å². The molecule has 2 amide bonds. The van der Waals surface area contributed by atoms with Crippen molar-refractivity contribution in [3.8, 4) is 0 Å². The van der Waals surface area contributed by atoms with Gasteiger partial charge in [0.15, 0.2) is 5.13 Å². The Hall–Kier alpha value is -1.64. The second kappa shape index (κ2) is 6.64. The number of nitrogens with one attached hydrogen (secondary N) is 1. The molecule has 0 bridgehead atoms. The standard InChI is InChI=1S/C13H16F3N3O2S/c1-8-7-17-12(22-8)18-10(20)11(21)19(9-3-2-4-9)6-5-13(14,15)16/h7,9H,2-6H2,1H3,(H,17,18,20). The van der Waals surface area contributed by atoms with Gasteiger partial charge in [0.2, 0.25) is 0 Å². The van der Waals surface area contributed by atoms with Crippen molar-refractivity contribution in [2.45, 2.75) is 44.8 Å². The summed E-state index contributed by atoms with van der Waals surface area (Å²) in [5.41, 5.74) is 0. The molecule has 2 rings (SSSR count). The first-order valence-corrected chi connectivity index (χ1v) is 7.69. The zero-order valence-electron chi connectivity index (χ0n) is 11.9. The van der Waals surface area contributed by atoms with E-state index in [2.05, 4.69) is 10.3 Å². The van der Waals surface area contributed by atoms with Crippen LogP contribution in [0.1, 0.15) is 30.6 Å². The Morgan fingerprint density at radius 1 is 1.45 bits per heavy atom. The van der Waals surface area contributed by atoms with Gasteiger partial charge in [-0.05, 0) is 26.2 Å². The number of hydrogen-bond donors (Lipinski definition) is 1. The number of rotatable bonds is 4. The van der Waals surface area contributed by atoms with E-state index < -0.39 is 31.0 Å². The van der Waals surface area contributed by atoms with Gasteiger partial charge in [0.05, 0.1) is 6.42 Å². The molecule has 0 aromatic carbocycles. The highest BCUT2D eigenvalue weighted by atomic mass is 32.1. The molecule has 1 saturated carbocycles. The van der Waals surface area contributed by atoms with Crippen LogP contribution in [0.3, 0.4) is 0 Å². The van der Waals surface area contributed by atoms with Crippen LogP contribution in [0.2, 0.25) is 0 Å². The molecule has 0 atom stereocenters. The lowest BCUT2D eigenvalue weighted by molar-refractivity contribution is -0.154. The molecular formula is C13H16F3N3O2S. The number of amides is 2. The molecule has 22 heavy (non-hydrogen) atoms. The molecule has 1 aliphatic carbocycles. The number of aryl methyl sites for hydroxylation is 1. The number of aromatic nitrogens is 1. The predicted octanol–water partition coefficient (Wildman–Crippen LogP) is 2.72. The molecule has 0 unspecified atom stereocenters. The van der Waals surface area contributed by atoms with Gasteiger partial charge in [0.25, 0.3) is 0 Å². The van der Waals surface area contributed by atoms with Gasteiger partial charge >= 0.3 is 18.0 Å². The van der Waals surface area contributed by atoms with Gasteiger partial charge in [-0.15, -0.1) is 11.3 Å². The monoisotopic (exact) mass is 335 g/mol. The highest BCUT2D eigenvalue weighted by Crippen LogP contribution is 2.28. The largest absolute Gasteiger partial charge is 0.390 e. The predicted molar refractivity (Wildman–Crippen MR) is 75.5 cm³/mol. The van der Waals surface area contributed by atoms with Gasteiger partial charge in [-0.25, -0.2) is 4.98 Å². The van der Waals surface area contributed by atoms with Crippen LogP contribution >= 0.6 is 11.3 Å². The number of thiazole rings is 1. The van der Waals surface area contributed by atoms with Crippen molar-refractivity contribution < 1.29 is 22.8 Å². The number of carbonyl (C=O) groups is 2. The summed E-state index contributed by atoms with van der Waals surface area (Å²) in [6.07, 6.45) is -1.81. The van der Waals surface area contributed by atoms with Crippen LogP contribution in [0.5, 0.6) is 0 Å². The van der Waals surface area contributed by atoms with Crippen molar-refractivity contribution in [2.75, 3.05) is 11.9 Å². The molecule has 0 radical (unpaired) electrons. The number of anilines is 1. The number of alkyl halides is 3. The van der Waals surface area contributed by atoms with Gasteiger partial charge in [-0.1, -0.05) is 0 Å². The summed E-state index contributed by atoms with van der Waals surface area (Å²) >= 11 is 1.20. The summed E-state index contributed by atoms with van der Waals surface area (Å²) in [7, 11) is 0. The summed E-state index contributed by atoms with van der Waals surface area (Å²) < 4.78 is 37.1. The van der Waals surface area contributed by atoms with Crippen LogP contribution in [0.15, 0.2) is 6.20 Å². The quantitative estimate of drug-likeness (QED) is 0.861. The summed E-state index contributed by atoms with van der Waals surface area (Å²) in [6.45, 7) is 1.30. The molecule has 0 aliphatic heterocycles. The minimum atomic E-state index is -4.36. The Labute approximate surface area is 129 Å². The molecule has 1 aliphatic rings. The van der Waals surface area contributed by atoms with E-state index >= 15 is 0 Å². The van der Waals surface area contributed by atoms with E-state index in [4.69, 9.17) is 0 Å². The molecule has 1 fully saturated rings. The van der Waals surface area contributed by atoms with Gasteiger partial charge in [-0.3, -0.25) is 14.9 Å². The van der Waals surface area contributed by atoms with Gasteiger partial charge in [0, 0.05) is 23.7 Å². The van der Waals surface area contributed by atoms with Crippen molar-refractivity contribution in [1.29, 1.82) is 0 Å². The number of nitrogens with zero attached hydrogens (tertiary/aromatic N) is 2. The Balaban J connectivity index is 1.99. The van der Waals surface area contributed by atoms with E-state index in [0.717, 1.165) is 16.2 Å². The zero-order valence-corrected chi connectivity index (χ0v) is 12.8. The van der Waals surface area contributed by atoms with E-state index in [1.807, 2.05) is 0 Å². The smallest absolute Gasteiger partial charge is 0.331 e. The second-order valence-corrected chi connectivity index (χ2v) is 6.41. The van der Waals surface area contributed by atoms with Crippen molar-refractivity contribution in [2.24, 2.45) is 0 Å². The third-order valence-corrected chi connectivity index (χ3v) is 4.28. The van der Waals surface area contributed by atoms with E-state index in [0.29, 0.717) is 12.8 Å². The summed E-state index contributed by atoms with van der Waals surface area (Å²) in [4.78, 5) is 29.8. The molecule has 9 heteroatoms. The van der Waals surface area contributed by atoms with Crippen molar-refractivity contribution in [3.63, 3.8) is 0 Å². The highest BCUT2D eigenvalue weighted by molar-refractivity contribution is 7.15. The van der Waals surface area contributed by atoms with Crippen LogP contribution in [0.4, 0.5) is 18.3 Å². The van der Waals surface area contributed by atoms with Crippen LogP contribution < -0.4 is 5.32 Å².